The van der Waals surface area contributed by atoms with Gasteiger partial charge in [0.15, 0.2) is 11.6 Å². The molecule has 0 aromatic carbocycles. The maximum atomic E-state index is 12.7. The van der Waals surface area contributed by atoms with Crippen molar-refractivity contribution in [2.24, 2.45) is 0 Å². The van der Waals surface area contributed by atoms with E-state index in [2.05, 4.69) is 9.97 Å². The van der Waals surface area contributed by atoms with Gasteiger partial charge in [-0.25, -0.2) is 8.78 Å². The number of hydrogen-bond acceptors (Lipinski definition) is 3. The van der Waals surface area contributed by atoms with Gasteiger partial charge < -0.3 is 0 Å². The molecule has 0 atom stereocenters. The minimum atomic E-state index is -0.627. The molecule has 94 valence electrons. The molecule has 0 fully saturated rings. The molecular weight excluding hydrogens is 262 g/mol. The Bertz CT molecular complexity index is 508. The average Bonchev–Trinajstić information content (AvgIpc) is 2.40. The molecular formula is C12H9ClF2N2O. The first kappa shape index (κ1) is 14.2. The zero-order chi connectivity index (χ0) is 13.4. The summed E-state index contributed by atoms with van der Waals surface area (Å²) in [6, 6.07) is 4.21. The second kappa shape index (κ2) is 7.45. The normalized spacial score (nSPS) is 9.28. The fraction of sp³-hybridized carbons (Fsp3) is 0.0833. The molecule has 3 nitrogen and oxygen atoms in total. The topological polar surface area (TPSA) is 42.9 Å². The van der Waals surface area contributed by atoms with E-state index in [1.165, 1.54) is 30.7 Å². The summed E-state index contributed by atoms with van der Waals surface area (Å²) in [6.45, 7) is 0. The number of alkyl halides is 1. The van der Waals surface area contributed by atoms with Crippen LogP contribution in [0.4, 0.5) is 8.78 Å². The number of Topliss-reactive ketones (excluding diaryl/α,β-unsaturated/α-hetero) is 1. The van der Waals surface area contributed by atoms with E-state index >= 15 is 0 Å². The lowest BCUT2D eigenvalue weighted by Crippen LogP contribution is -2.03. The van der Waals surface area contributed by atoms with Gasteiger partial charge in [-0.3, -0.25) is 14.8 Å². The number of rotatable bonds is 2. The lowest BCUT2D eigenvalue weighted by molar-refractivity contribution is 0.101. The number of hydrogen-bond donors (Lipinski definition) is 0. The van der Waals surface area contributed by atoms with Gasteiger partial charge in [0, 0.05) is 12.4 Å². The number of ketones is 1. The van der Waals surface area contributed by atoms with Crippen molar-refractivity contribution >= 4 is 17.4 Å². The molecule has 2 aromatic heterocycles. The van der Waals surface area contributed by atoms with Crippen molar-refractivity contribution in [3.63, 3.8) is 0 Å². The molecule has 0 N–H and O–H groups in total. The first-order chi connectivity index (χ1) is 8.65. The second-order valence-corrected chi connectivity index (χ2v) is 3.35. The van der Waals surface area contributed by atoms with Crippen molar-refractivity contribution in [2.75, 3.05) is 5.88 Å². The van der Waals surface area contributed by atoms with E-state index in [0.29, 0.717) is 0 Å². The summed E-state index contributed by atoms with van der Waals surface area (Å²) >= 11 is 5.22. The average molecular weight is 271 g/mol. The molecule has 0 saturated heterocycles. The van der Waals surface area contributed by atoms with Gasteiger partial charge in [0.1, 0.15) is 5.82 Å². The van der Waals surface area contributed by atoms with E-state index < -0.39 is 11.6 Å². The van der Waals surface area contributed by atoms with Crippen LogP contribution in [0.3, 0.4) is 0 Å². The quantitative estimate of drug-likeness (QED) is 0.622. The predicted octanol–water partition coefficient (Wildman–Crippen LogP) is 2.86. The Labute approximate surface area is 107 Å². The van der Waals surface area contributed by atoms with Crippen LogP contribution in [-0.2, 0) is 0 Å². The van der Waals surface area contributed by atoms with Crippen molar-refractivity contribution in [2.45, 2.75) is 0 Å². The minimum absolute atomic E-state index is 0.00463. The van der Waals surface area contributed by atoms with E-state index in [9.17, 15) is 13.6 Å². The molecule has 0 amide bonds. The smallest absolute Gasteiger partial charge is 0.180 e. The maximum Gasteiger partial charge on any atom is 0.180 e. The Hall–Kier alpha value is -1.88. The number of pyridine rings is 2. The lowest BCUT2D eigenvalue weighted by atomic mass is 10.2. The standard InChI is InChI=1S/C7H5ClFNO.C5H4FN/c8-3-7(11)5-1-2-10-4-6(5)9;6-5-2-1-3-7-4-5/h1-2,4H,3H2;1-4H. The van der Waals surface area contributed by atoms with Crippen molar-refractivity contribution in [3.8, 4) is 0 Å². The highest BCUT2D eigenvalue weighted by molar-refractivity contribution is 6.30. The molecule has 6 heteroatoms. The third-order valence-electron chi connectivity index (χ3n) is 1.82. The van der Waals surface area contributed by atoms with Gasteiger partial charge in [0.2, 0.25) is 0 Å². The summed E-state index contributed by atoms with van der Waals surface area (Å²) in [5.74, 6) is -1.55. The Kier molecular flexibility index (Phi) is 5.87. The second-order valence-electron chi connectivity index (χ2n) is 3.08. The molecule has 18 heavy (non-hydrogen) atoms. The zero-order valence-electron chi connectivity index (χ0n) is 9.19. The van der Waals surface area contributed by atoms with E-state index in [1.807, 2.05) is 0 Å². The van der Waals surface area contributed by atoms with Gasteiger partial charge in [-0.05, 0) is 18.2 Å². The zero-order valence-corrected chi connectivity index (χ0v) is 9.94. The number of aromatic nitrogens is 2. The fourth-order valence-corrected chi connectivity index (χ4v) is 1.16. The molecule has 0 radical (unpaired) electrons. The van der Waals surface area contributed by atoms with Crippen LogP contribution in [0.1, 0.15) is 10.4 Å². The third-order valence-corrected chi connectivity index (χ3v) is 2.06. The van der Waals surface area contributed by atoms with Crippen LogP contribution < -0.4 is 0 Å². The highest BCUT2D eigenvalue weighted by Gasteiger charge is 2.08. The molecule has 0 saturated carbocycles. The van der Waals surface area contributed by atoms with Gasteiger partial charge in [-0.1, -0.05) is 0 Å². The Morgan fingerprint density at radius 2 is 1.89 bits per heavy atom. The molecule has 0 bridgehead atoms. The van der Waals surface area contributed by atoms with Crippen LogP contribution in [0.2, 0.25) is 0 Å². The molecule has 2 rings (SSSR count). The largest absolute Gasteiger partial charge is 0.293 e. The van der Waals surface area contributed by atoms with Crippen LogP contribution in [0.25, 0.3) is 0 Å². The van der Waals surface area contributed by atoms with E-state index in [0.717, 1.165) is 6.20 Å². The highest BCUT2D eigenvalue weighted by atomic mass is 35.5. The van der Waals surface area contributed by atoms with Crippen LogP contribution in [0.5, 0.6) is 0 Å². The molecule has 0 aliphatic carbocycles. The summed E-state index contributed by atoms with van der Waals surface area (Å²) in [7, 11) is 0. The maximum absolute atomic E-state index is 12.7. The van der Waals surface area contributed by atoms with E-state index in [4.69, 9.17) is 11.6 Å². The highest BCUT2D eigenvalue weighted by Crippen LogP contribution is 2.05. The van der Waals surface area contributed by atoms with Crippen LogP contribution in [0, 0.1) is 11.6 Å². The number of nitrogens with zero attached hydrogens (tertiary/aromatic N) is 2. The van der Waals surface area contributed by atoms with Crippen molar-refractivity contribution in [3.05, 3.63) is 60.2 Å². The number of carbonyl (C=O) groups is 1. The molecule has 2 aromatic rings. The SMILES string of the molecule is Fc1cccnc1.O=C(CCl)c1ccncc1F. The Morgan fingerprint density at radius 1 is 1.17 bits per heavy atom. The summed E-state index contributed by atoms with van der Waals surface area (Å²) in [5.41, 5.74) is -0.00463. The van der Waals surface area contributed by atoms with Crippen LogP contribution in [0.15, 0.2) is 43.0 Å². The van der Waals surface area contributed by atoms with Gasteiger partial charge >= 0.3 is 0 Å². The first-order valence-corrected chi connectivity index (χ1v) is 5.42. The third kappa shape index (κ3) is 4.55. The van der Waals surface area contributed by atoms with Gasteiger partial charge in [-0.15, -0.1) is 11.6 Å². The fourth-order valence-electron chi connectivity index (χ4n) is 1.02. The van der Waals surface area contributed by atoms with Crippen molar-refractivity contribution in [1.82, 2.24) is 9.97 Å². The molecule has 0 aliphatic rings. The van der Waals surface area contributed by atoms with Gasteiger partial charge in [-0.2, -0.15) is 0 Å². The lowest BCUT2D eigenvalue weighted by Gasteiger charge is -1.95. The molecule has 0 aliphatic heterocycles. The summed E-state index contributed by atoms with van der Waals surface area (Å²) in [4.78, 5) is 17.8. The summed E-state index contributed by atoms with van der Waals surface area (Å²) < 4.78 is 24.5. The number of carbonyl (C=O) groups excluding carboxylic acids is 1. The van der Waals surface area contributed by atoms with Crippen LogP contribution >= 0.6 is 11.6 Å². The monoisotopic (exact) mass is 270 g/mol. The van der Waals surface area contributed by atoms with Crippen LogP contribution in [-0.4, -0.2) is 21.6 Å². The van der Waals surface area contributed by atoms with Crippen molar-refractivity contribution in [1.29, 1.82) is 0 Å². The number of halogens is 3. The Balaban J connectivity index is 0.000000199. The summed E-state index contributed by atoms with van der Waals surface area (Å²) in [6.07, 6.45) is 5.03. The van der Waals surface area contributed by atoms with E-state index in [1.54, 1.807) is 6.07 Å². The van der Waals surface area contributed by atoms with Crippen molar-refractivity contribution < 1.29 is 13.6 Å². The molecule has 0 unspecified atom stereocenters. The van der Waals surface area contributed by atoms with Gasteiger partial charge in [0.05, 0.1) is 23.8 Å². The van der Waals surface area contributed by atoms with Gasteiger partial charge in [0.25, 0.3) is 0 Å². The Morgan fingerprint density at radius 3 is 2.33 bits per heavy atom. The first-order valence-electron chi connectivity index (χ1n) is 4.89. The molecule has 0 spiro atoms. The van der Waals surface area contributed by atoms with E-state index in [-0.39, 0.29) is 17.3 Å². The predicted molar refractivity (Wildman–Crippen MR) is 63.4 cm³/mol. The minimum Gasteiger partial charge on any atom is -0.293 e. The summed E-state index contributed by atoms with van der Waals surface area (Å²) in [5, 5.41) is 0. The molecule has 2 heterocycles.